The Kier molecular flexibility index (Phi) is 7.97. The van der Waals surface area contributed by atoms with Crippen molar-refractivity contribution in [2.75, 3.05) is 14.7 Å². The molecule has 358 valence electrons. The molecule has 4 nitrogen and oxygen atoms in total. The number of nitrogens with zero attached hydrogens (tertiary/aromatic N) is 3. The summed E-state index contributed by atoms with van der Waals surface area (Å²) in [7, 11) is 0. The molecule has 0 bridgehead atoms. The lowest BCUT2D eigenvalue weighted by atomic mass is 9.33. The molecule has 0 radical (unpaired) electrons. The second-order valence-electron chi connectivity index (χ2n) is 25.1. The van der Waals surface area contributed by atoms with Crippen molar-refractivity contribution in [1.82, 2.24) is 0 Å². The molecule has 2 unspecified atom stereocenters. The highest BCUT2D eigenvalue weighted by Crippen LogP contribution is 2.62. The molecular formula is C66H70BN3O. The summed E-state index contributed by atoms with van der Waals surface area (Å²) in [6.07, 6.45) is 3.73. The summed E-state index contributed by atoms with van der Waals surface area (Å²) < 4.78 is 64.9. The number of anilines is 8. The van der Waals surface area contributed by atoms with Gasteiger partial charge in [-0.1, -0.05) is 162 Å². The molecule has 1 fully saturated rings. The van der Waals surface area contributed by atoms with E-state index in [1.807, 2.05) is 41.3 Å². The average molecular weight is 938 g/mol. The molecule has 0 spiro atoms. The van der Waals surface area contributed by atoms with E-state index in [2.05, 4.69) is 176 Å². The second kappa shape index (κ2) is 14.7. The molecule has 13 rings (SSSR count). The molecule has 1 saturated carbocycles. The second-order valence-corrected chi connectivity index (χ2v) is 25.1. The van der Waals surface area contributed by atoms with Crippen molar-refractivity contribution in [3.8, 4) is 0 Å². The lowest BCUT2D eigenvalue weighted by Crippen LogP contribution is -2.62. The molecule has 7 aromatic carbocycles. The van der Waals surface area contributed by atoms with Gasteiger partial charge >= 0.3 is 0 Å². The van der Waals surface area contributed by atoms with E-state index in [0.29, 0.717) is 29.8 Å². The fourth-order valence-corrected chi connectivity index (χ4v) is 13.7. The van der Waals surface area contributed by atoms with E-state index in [-0.39, 0.29) is 41.2 Å². The van der Waals surface area contributed by atoms with Crippen LogP contribution in [0.2, 0.25) is 0 Å². The van der Waals surface area contributed by atoms with Crippen molar-refractivity contribution >= 4 is 90.5 Å². The first-order chi connectivity index (χ1) is 36.2. The number of fused-ring (bicyclic) bond motifs is 11. The molecule has 4 heterocycles. The highest BCUT2D eigenvalue weighted by atomic mass is 16.3. The van der Waals surface area contributed by atoms with Crippen molar-refractivity contribution in [2.45, 2.75) is 154 Å². The van der Waals surface area contributed by atoms with Gasteiger partial charge in [-0.2, -0.15) is 0 Å². The highest BCUT2D eigenvalue weighted by Gasteiger charge is 2.58. The van der Waals surface area contributed by atoms with Gasteiger partial charge in [0, 0.05) is 58.8 Å². The van der Waals surface area contributed by atoms with E-state index < -0.39 is 24.7 Å². The minimum atomic E-state index is -2.72. The fraction of sp³-hybridized carbons (Fsp3) is 0.364. The summed E-state index contributed by atoms with van der Waals surface area (Å²) >= 11 is 0. The molecule has 5 heteroatoms. The first-order valence-corrected chi connectivity index (χ1v) is 26.2. The Morgan fingerprint density at radius 1 is 0.507 bits per heavy atom. The zero-order valence-electron chi connectivity index (χ0n) is 49.3. The smallest absolute Gasteiger partial charge is 0.252 e. The summed E-state index contributed by atoms with van der Waals surface area (Å²) in [6.45, 7) is 17.6. The normalized spacial score (nSPS) is 23.3. The molecule has 3 aliphatic heterocycles. The Morgan fingerprint density at radius 3 is 1.87 bits per heavy atom. The highest BCUT2D eigenvalue weighted by molar-refractivity contribution is 7.00. The molecule has 5 aliphatic rings. The van der Waals surface area contributed by atoms with Crippen LogP contribution in [0.25, 0.3) is 21.9 Å². The van der Waals surface area contributed by atoms with Crippen molar-refractivity contribution in [1.29, 1.82) is 0 Å². The molecule has 8 aromatic rings. The van der Waals surface area contributed by atoms with Crippen LogP contribution >= 0.6 is 0 Å². The predicted octanol–water partition coefficient (Wildman–Crippen LogP) is 16.4. The Labute approximate surface area is 431 Å². The van der Waals surface area contributed by atoms with Crippen molar-refractivity contribution in [3.63, 3.8) is 0 Å². The van der Waals surface area contributed by atoms with Crippen molar-refractivity contribution in [3.05, 3.63) is 161 Å². The van der Waals surface area contributed by atoms with Gasteiger partial charge in [0.2, 0.25) is 0 Å². The molecule has 0 saturated heterocycles. The van der Waals surface area contributed by atoms with Gasteiger partial charge < -0.3 is 19.1 Å². The maximum absolute atomic E-state index is 9.84. The predicted molar refractivity (Wildman–Crippen MR) is 303 cm³/mol. The largest absolute Gasteiger partial charge is 0.456 e. The maximum atomic E-state index is 9.84. The number of benzene rings is 7. The zero-order chi connectivity index (χ0) is 54.4. The summed E-state index contributed by atoms with van der Waals surface area (Å²) in [5, 5.41) is 2.00. The van der Waals surface area contributed by atoms with Gasteiger partial charge in [0.05, 0.1) is 16.6 Å². The van der Waals surface area contributed by atoms with Crippen LogP contribution in [0.1, 0.15) is 158 Å². The Morgan fingerprint density at radius 2 is 1.14 bits per heavy atom. The number of hydrogen-bond acceptors (Lipinski definition) is 4. The molecule has 0 amide bonds. The van der Waals surface area contributed by atoms with Crippen LogP contribution in [0, 0.1) is 0 Å². The SMILES string of the molecule is [2H]C([2H])([2H])C12CCCCC1(C([2H])([2H])[2H])N(c1cc3c4c(c1)N(c1cccc5oc6ccccc6c15)c1cc5c(cc1B4c1cc(C(C)(C)C)ccc1N3c1ccc(C(C)(C)C)cc1)C(C)(C)CCC5(C)C)c1ccccc12. The third-order valence-electron chi connectivity index (χ3n) is 17.8. The van der Waals surface area contributed by atoms with Crippen LogP contribution in [-0.2, 0) is 27.1 Å². The first-order valence-electron chi connectivity index (χ1n) is 29.2. The van der Waals surface area contributed by atoms with Gasteiger partial charge in [-0.25, -0.2) is 0 Å². The molecule has 71 heavy (non-hydrogen) atoms. The van der Waals surface area contributed by atoms with E-state index in [9.17, 15) is 8.22 Å². The van der Waals surface area contributed by atoms with Crippen LogP contribution in [0.5, 0.6) is 0 Å². The summed E-state index contributed by atoms with van der Waals surface area (Å²) in [6, 6.07) is 47.9. The summed E-state index contributed by atoms with van der Waals surface area (Å²) in [5.74, 6) is 0. The molecule has 0 N–H and O–H groups in total. The van der Waals surface area contributed by atoms with Gasteiger partial charge in [0.1, 0.15) is 11.2 Å². The van der Waals surface area contributed by atoms with Gasteiger partial charge in [-0.3, -0.25) is 0 Å². The standard InChI is InChI=1S/C66H70BN3O/c1-61(2,3)41-26-29-43(30-27-41)68-52-31-28-42(62(4,5)6)36-49(52)67-50-39-47-48(64(9,10)35-34-63(47,7)8)40-54(50)69(53-23-19-25-58-59(53)45-20-13-16-24-57(45)71-58)56-38-44(37-55(68)60(56)67)70-51-22-15-14-21-46(51)65(11)32-17-18-33-66(65,70)12/h13-16,19-31,36-40H,17-18,32-35H2,1-12H3/i11D3,12D3. The van der Waals surface area contributed by atoms with Crippen LogP contribution in [0.3, 0.4) is 0 Å². The zero-order valence-corrected chi connectivity index (χ0v) is 43.3. The van der Waals surface area contributed by atoms with Crippen molar-refractivity contribution < 1.29 is 12.6 Å². The van der Waals surface area contributed by atoms with E-state index in [0.717, 1.165) is 74.4 Å². The molecule has 2 aliphatic carbocycles. The van der Waals surface area contributed by atoms with E-state index in [1.54, 1.807) is 0 Å². The van der Waals surface area contributed by atoms with E-state index >= 15 is 0 Å². The number of furan rings is 1. The summed E-state index contributed by atoms with van der Waals surface area (Å²) in [5.41, 5.74) is 14.1. The Balaban J connectivity index is 1.23. The van der Waals surface area contributed by atoms with Gasteiger partial charge in [-0.15, -0.1) is 0 Å². The van der Waals surface area contributed by atoms with Crippen LogP contribution in [-0.4, -0.2) is 12.3 Å². The average Bonchev–Trinajstić information content (AvgIpc) is 3.05. The third kappa shape index (κ3) is 6.23. The Hall–Kier alpha value is -6.20. The number of hydrogen-bond donors (Lipinski definition) is 0. The van der Waals surface area contributed by atoms with Gasteiger partial charge in [0.15, 0.2) is 0 Å². The number of para-hydroxylation sites is 2. The fourth-order valence-electron chi connectivity index (χ4n) is 13.7. The van der Waals surface area contributed by atoms with Crippen LogP contribution in [0.15, 0.2) is 138 Å². The minimum Gasteiger partial charge on any atom is -0.456 e. The maximum Gasteiger partial charge on any atom is 0.252 e. The Bertz CT molecular complexity index is 3760. The quantitative estimate of drug-likeness (QED) is 0.165. The van der Waals surface area contributed by atoms with Gasteiger partial charge in [0.25, 0.3) is 6.71 Å². The molecule has 1 aromatic heterocycles. The summed E-state index contributed by atoms with van der Waals surface area (Å²) in [4.78, 5) is 6.89. The van der Waals surface area contributed by atoms with Crippen molar-refractivity contribution in [2.24, 2.45) is 0 Å². The molecular weight excluding hydrogens is 862 g/mol. The minimum absolute atomic E-state index is 0.0872. The third-order valence-corrected chi connectivity index (χ3v) is 17.8. The lowest BCUT2D eigenvalue weighted by molar-refractivity contribution is 0.195. The van der Waals surface area contributed by atoms with Crippen LogP contribution < -0.4 is 31.1 Å². The monoisotopic (exact) mass is 938 g/mol. The van der Waals surface area contributed by atoms with Crippen LogP contribution in [0.4, 0.5) is 45.5 Å². The lowest BCUT2D eigenvalue weighted by Gasteiger charge is -2.51. The topological polar surface area (TPSA) is 22.9 Å². The first kappa shape index (κ1) is 38.5. The molecule has 2 atom stereocenters. The van der Waals surface area contributed by atoms with E-state index in [4.69, 9.17) is 4.42 Å². The van der Waals surface area contributed by atoms with Gasteiger partial charge in [-0.05, 0) is 159 Å². The van der Waals surface area contributed by atoms with E-state index in [1.165, 1.54) is 33.2 Å². The number of rotatable bonds is 3.